The fourth-order valence-electron chi connectivity index (χ4n) is 4.13. The molecule has 32 heavy (non-hydrogen) atoms. The van der Waals surface area contributed by atoms with E-state index in [1.165, 1.54) is 0 Å². The summed E-state index contributed by atoms with van der Waals surface area (Å²) in [6, 6.07) is 27.6. The Morgan fingerprint density at radius 2 is 1.56 bits per heavy atom. The van der Waals surface area contributed by atoms with Crippen LogP contribution in [0.5, 0.6) is 5.75 Å². The first kappa shape index (κ1) is 19.9. The van der Waals surface area contributed by atoms with Crippen molar-refractivity contribution in [1.82, 2.24) is 20.2 Å². The summed E-state index contributed by atoms with van der Waals surface area (Å²) in [5, 5.41) is 13.4. The third kappa shape index (κ3) is 3.85. The van der Waals surface area contributed by atoms with Gasteiger partial charge >= 0.3 is 0 Å². The molecule has 1 aliphatic heterocycles. The van der Waals surface area contributed by atoms with Gasteiger partial charge in [-0.05, 0) is 40.6 Å². The average Bonchev–Trinajstić information content (AvgIpc) is 3.29. The lowest BCUT2D eigenvalue weighted by atomic mass is 9.97. The number of anilines is 1. The van der Waals surface area contributed by atoms with Gasteiger partial charge in [0.15, 0.2) is 5.82 Å². The lowest BCUT2D eigenvalue weighted by Gasteiger charge is -2.40. The van der Waals surface area contributed by atoms with E-state index in [4.69, 9.17) is 9.84 Å². The Hall–Kier alpha value is -4.00. The second kappa shape index (κ2) is 8.63. The van der Waals surface area contributed by atoms with Crippen molar-refractivity contribution < 1.29 is 9.53 Å². The summed E-state index contributed by atoms with van der Waals surface area (Å²) in [7, 11) is 1.62. The Bertz CT molecular complexity index is 1150. The molecule has 7 nitrogen and oxygen atoms in total. The number of carbonyl (C=O) groups excluding carboxylic acids is 1. The van der Waals surface area contributed by atoms with E-state index in [0.717, 1.165) is 22.6 Å². The molecule has 0 bridgehead atoms. The molecule has 5 rings (SSSR count). The lowest BCUT2D eigenvalue weighted by molar-refractivity contribution is -0.124. The molecule has 0 radical (unpaired) electrons. The third-order valence-corrected chi connectivity index (χ3v) is 5.74. The number of hydrogen-bond acceptors (Lipinski definition) is 5. The van der Waals surface area contributed by atoms with Crippen molar-refractivity contribution in [3.8, 4) is 5.75 Å². The van der Waals surface area contributed by atoms with Crippen LogP contribution >= 0.6 is 0 Å². The number of ether oxygens (including phenoxy) is 1. The van der Waals surface area contributed by atoms with Gasteiger partial charge in [-0.15, -0.1) is 10.2 Å². The zero-order valence-corrected chi connectivity index (χ0v) is 17.7. The Morgan fingerprint density at radius 3 is 2.12 bits per heavy atom. The Labute approximate surface area is 186 Å². The number of nitrogens with zero attached hydrogens (tertiary/aromatic N) is 5. The predicted octanol–water partition coefficient (Wildman–Crippen LogP) is 3.67. The van der Waals surface area contributed by atoms with Gasteiger partial charge in [-0.1, -0.05) is 60.7 Å². The van der Waals surface area contributed by atoms with Gasteiger partial charge in [-0.25, -0.2) is 0 Å². The predicted molar refractivity (Wildman–Crippen MR) is 121 cm³/mol. The van der Waals surface area contributed by atoms with E-state index in [-0.39, 0.29) is 18.0 Å². The lowest BCUT2D eigenvalue weighted by Crippen LogP contribution is -2.54. The molecule has 1 aromatic heterocycles. The Kier molecular flexibility index (Phi) is 5.37. The molecule has 1 unspecified atom stereocenters. The molecule has 0 N–H and O–H groups in total. The minimum absolute atomic E-state index is 0.0143. The first-order valence-corrected chi connectivity index (χ1v) is 10.6. The fraction of sp³-hybridized carbons (Fsp3) is 0.200. The fourth-order valence-corrected chi connectivity index (χ4v) is 4.13. The van der Waals surface area contributed by atoms with Crippen molar-refractivity contribution >= 4 is 11.6 Å². The number of methoxy groups -OCH3 is 1. The first-order chi connectivity index (χ1) is 15.7. The molecule has 4 aromatic rings. The monoisotopic (exact) mass is 425 g/mol. The second-order valence-electron chi connectivity index (χ2n) is 7.77. The van der Waals surface area contributed by atoms with Gasteiger partial charge in [-0.3, -0.25) is 4.79 Å². The SMILES string of the molecule is COc1ccc(N2C(=O)CC2Cc2nnn(C(c3ccccc3)c3ccccc3)n2)cc1. The minimum atomic E-state index is -0.167. The number of carbonyl (C=O) groups is 1. The number of aromatic nitrogens is 4. The summed E-state index contributed by atoms with van der Waals surface area (Å²) >= 11 is 0. The summed E-state index contributed by atoms with van der Waals surface area (Å²) < 4.78 is 5.21. The molecule has 0 spiro atoms. The van der Waals surface area contributed by atoms with E-state index in [2.05, 4.69) is 34.6 Å². The van der Waals surface area contributed by atoms with Crippen molar-refractivity contribution in [2.24, 2.45) is 0 Å². The van der Waals surface area contributed by atoms with E-state index >= 15 is 0 Å². The highest BCUT2D eigenvalue weighted by molar-refractivity contribution is 6.00. The second-order valence-corrected chi connectivity index (χ2v) is 7.77. The van der Waals surface area contributed by atoms with Gasteiger partial charge in [0.2, 0.25) is 5.91 Å². The molecule has 7 heteroatoms. The molecule has 3 aromatic carbocycles. The van der Waals surface area contributed by atoms with Crippen molar-refractivity contribution in [3.63, 3.8) is 0 Å². The van der Waals surface area contributed by atoms with Crippen molar-refractivity contribution in [2.45, 2.75) is 24.9 Å². The Balaban J connectivity index is 1.38. The highest BCUT2D eigenvalue weighted by atomic mass is 16.5. The van der Waals surface area contributed by atoms with Crippen LogP contribution in [-0.4, -0.2) is 39.3 Å². The van der Waals surface area contributed by atoms with Gasteiger partial charge in [0.25, 0.3) is 0 Å². The zero-order chi connectivity index (χ0) is 21.9. The smallest absolute Gasteiger partial charge is 0.229 e. The van der Waals surface area contributed by atoms with Crippen LogP contribution in [-0.2, 0) is 11.2 Å². The van der Waals surface area contributed by atoms with Gasteiger partial charge in [0.05, 0.1) is 13.2 Å². The number of rotatable bonds is 7. The normalized spacial score (nSPS) is 15.6. The van der Waals surface area contributed by atoms with Crippen LogP contribution in [0, 0.1) is 0 Å². The first-order valence-electron chi connectivity index (χ1n) is 10.6. The van der Waals surface area contributed by atoms with Crippen LogP contribution in [0.25, 0.3) is 0 Å². The van der Waals surface area contributed by atoms with Crippen molar-refractivity contribution in [3.05, 3.63) is 102 Å². The quantitative estimate of drug-likeness (QED) is 0.423. The molecule has 1 saturated heterocycles. The molecule has 1 atom stereocenters. The molecule has 160 valence electrons. The topological polar surface area (TPSA) is 73.1 Å². The van der Waals surface area contributed by atoms with Crippen LogP contribution in [0.4, 0.5) is 5.69 Å². The summed E-state index contributed by atoms with van der Waals surface area (Å²) in [4.78, 5) is 15.8. The molecule has 0 saturated carbocycles. The average molecular weight is 425 g/mol. The van der Waals surface area contributed by atoms with Gasteiger partial charge in [-0.2, -0.15) is 4.80 Å². The van der Waals surface area contributed by atoms with Crippen LogP contribution in [0.2, 0.25) is 0 Å². The van der Waals surface area contributed by atoms with Crippen LogP contribution in [0.1, 0.15) is 29.4 Å². The molecule has 2 heterocycles. The van der Waals surface area contributed by atoms with E-state index < -0.39 is 0 Å². The number of benzene rings is 3. The maximum Gasteiger partial charge on any atom is 0.229 e. The largest absolute Gasteiger partial charge is 0.497 e. The Morgan fingerprint density at radius 1 is 0.938 bits per heavy atom. The van der Waals surface area contributed by atoms with Crippen LogP contribution in [0.15, 0.2) is 84.9 Å². The van der Waals surface area contributed by atoms with Crippen molar-refractivity contribution in [2.75, 3.05) is 12.0 Å². The number of tetrazole rings is 1. The van der Waals surface area contributed by atoms with E-state index in [1.54, 1.807) is 16.8 Å². The molecule has 0 aliphatic carbocycles. The summed E-state index contributed by atoms with van der Waals surface area (Å²) in [5.41, 5.74) is 3.02. The molecular weight excluding hydrogens is 402 g/mol. The molecule has 1 aliphatic rings. The zero-order valence-electron chi connectivity index (χ0n) is 17.7. The molecular formula is C25H23N5O2. The number of hydrogen-bond donors (Lipinski definition) is 0. The van der Waals surface area contributed by atoms with Crippen LogP contribution < -0.4 is 9.64 Å². The highest BCUT2D eigenvalue weighted by Gasteiger charge is 2.38. The maximum absolute atomic E-state index is 12.3. The highest BCUT2D eigenvalue weighted by Crippen LogP contribution is 2.31. The summed E-state index contributed by atoms with van der Waals surface area (Å²) in [5.74, 6) is 1.48. The van der Waals surface area contributed by atoms with E-state index in [9.17, 15) is 4.79 Å². The van der Waals surface area contributed by atoms with Gasteiger partial charge in [0.1, 0.15) is 11.8 Å². The maximum atomic E-state index is 12.3. The van der Waals surface area contributed by atoms with E-state index in [1.807, 2.05) is 60.7 Å². The van der Waals surface area contributed by atoms with Crippen molar-refractivity contribution in [1.29, 1.82) is 0 Å². The molecule has 1 fully saturated rings. The number of β-lactam (4-membered cyclic amide) rings is 1. The summed E-state index contributed by atoms with van der Waals surface area (Å²) in [6.45, 7) is 0. The number of amides is 1. The van der Waals surface area contributed by atoms with Gasteiger partial charge in [0, 0.05) is 18.5 Å². The standard InChI is InChI=1S/C25H23N5O2/c1-32-22-14-12-20(13-15-22)29-21(17-24(29)31)16-23-26-28-30(27-23)25(18-8-4-2-5-9-18)19-10-6-3-7-11-19/h2-15,21,25H,16-17H2,1H3. The third-order valence-electron chi connectivity index (χ3n) is 5.74. The van der Waals surface area contributed by atoms with E-state index in [0.29, 0.717) is 18.7 Å². The molecule has 1 amide bonds. The van der Waals surface area contributed by atoms with Crippen LogP contribution in [0.3, 0.4) is 0 Å². The minimum Gasteiger partial charge on any atom is -0.497 e. The summed E-state index contributed by atoms with van der Waals surface area (Å²) in [6.07, 6.45) is 1.02. The van der Waals surface area contributed by atoms with Gasteiger partial charge < -0.3 is 9.64 Å².